The summed E-state index contributed by atoms with van der Waals surface area (Å²) >= 11 is 6.36. The van der Waals surface area contributed by atoms with Crippen molar-refractivity contribution < 1.29 is 4.79 Å². The van der Waals surface area contributed by atoms with Crippen molar-refractivity contribution in [2.45, 2.75) is 58.2 Å². The van der Waals surface area contributed by atoms with E-state index in [0.717, 1.165) is 34.7 Å². The van der Waals surface area contributed by atoms with Crippen LogP contribution < -0.4 is 0 Å². The van der Waals surface area contributed by atoms with Crippen molar-refractivity contribution in [3.8, 4) is 0 Å². The minimum Gasteiger partial charge on any atom is -0.345 e. The Labute approximate surface area is 184 Å². The number of hydrogen-bond acceptors (Lipinski definition) is 1. The van der Waals surface area contributed by atoms with Crippen LogP contribution in [-0.2, 0) is 18.5 Å². The molecule has 0 spiro atoms. The molecule has 30 heavy (non-hydrogen) atoms. The van der Waals surface area contributed by atoms with Crippen LogP contribution in [0.3, 0.4) is 0 Å². The highest BCUT2D eigenvalue weighted by Crippen LogP contribution is 2.31. The standard InChI is InChI=1S/C26H29ClN2O/c1-26(2,3)21-12-10-19(11-13-21)25(30)29(22-14-15-22)18-23-8-6-16-28(23)17-20-7-4-5-9-24(20)27/h4-13,16,22H,14-15,17-18H2,1-3H3. The molecule has 2 aromatic carbocycles. The van der Waals surface area contributed by atoms with E-state index in [9.17, 15) is 4.79 Å². The summed E-state index contributed by atoms with van der Waals surface area (Å²) in [6, 6.07) is 20.5. The summed E-state index contributed by atoms with van der Waals surface area (Å²) in [5.41, 5.74) is 4.29. The molecule has 1 amide bonds. The molecule has 1 saturated carbocycles. The zero-order chi connectivity index (χ0) is 21.3. The molecule has 4 heteroatoms. The minimum atomic E-state index is 0.0807. The Morgan fingerprint density at radius 1 is 1.03 bits per heavy atom. The number of benzene rings is 2. The van der Waals surface area contributed by atoms with Crippen LogP contribution in [0.5, 0.6) is 0 Å². The van der Waals surface area contributed by atoms with Gasteiger partial charge in [0.2, 0.25) is 0 Å². The molecule has 0 saturated heterocycles. The quantitative estimate of drug-likeness (QED) is 0.459. The average Bonchev–Trinajstić information content (AvgIpc) is 3.47. The second kappa shape index (κ2) is 8.31. The molecule has 0 unspecified atom stereocenters. The third kappa shape index (κ3) is 4.62. The maximum Gasteiger partial charge on any atom is 0.254 e. The van der Waals surface area contributed by atoms with Gasteiger partial charge in [0.25, 0.3) is 5.91 Å². The molecule has 0 atom stereocenters. The summed E-state index contributed by atoms with van der Waals surface area (Å²) in [4.78, 5) is 15.4. The Hall–Kier alpha value is -2.52. The molecular formula is C26H29ClN2O. The molecule has 3 nitrogen and oxygen atoms in total. The summed E-state index contributed by atoms with van der Waals surface area (Å²) in [7, 11) is 0. The first kappa shape index (κ1) is 20.7. The molecule has 0 radical (unpaired) electrons. The Bertz CT molecular complexity index is 1030. The van der Waals surface area contributed by atoms with Crippen molar-refractivity contribution in [3.63, 3.8) is 0 Å². The van der Waals surface area contributed by atoms with Gasteiger partial charge in [0, 0.05) is 35.1 Å². The van der Waals surface area contributed by atoms with Crippen LogP contribution in [0.4, 0.5) is 0 Å². The van der Waals surface area contributed by atoms with Crippen LogP contribution in [0, 0.1) is 0 Å². The number of rotatable bonds is 6. The summed E-state index contributed by atoms with van der Waals surface area (Å²) < 4.78 is 2.19. The van der Waals surface area contributed by atoms with Gasteiger partial charge in [-0.05, 0) is 59.7 Å². The van der Waals surface area contributed by atoms with Gasteiger partial charge in [-0.15, -0.1) is 0 Å². The first-order valence-corrected chi connectivity index (χ1v) is 11.0. The van der Waals surface area contributed by atoms with Gasteiger partial charge in [0.05, 0.1) is 6.54 Å². The smallest absolute Gasteiger partial charge is 0.254 e. The lowest BCUT2D eigenvalue weighted by atomic mass is 9.86. The van der Waals surface area contributed by atoms with Gasteiger partial charge in [0.1, 0.15) is 0 Å². The summed E-state index contributed by atoms with van der Waals surface area (Å²) in [5.74, 6) is 0.114. The van der Waals surface area contributed by atoms with E-state index in [-0.39, 0.29) is 11.3 Å². The van der Waals surface area contributed by atoms with E-state index in [0.29, 0.717) is 19.1 Å². The summed E-state index contributed by atoms with van der Waals surface area (Å²) in [6.45, 7) is 7.88. The SMILES string of the molecule is CC(C)(C)c1ccc(C(=O)N(Cc2cccn2Cc2ccccc2Cl)C2CC2)cc1. The maximum absolute atomic E-state index is 13.3. The van der Waals surface area contributed by atoms with E-state index in [2.05, 4.69) is 49.7 Å². The molecule has 1 aromatic heterocycles. The van der Waals surface area contributed by atoms with Gasteiger partial charge in [-0.3, -0.25) is 4.79 Å². The van der Waals surface area contributed by atoms with Crippen LogP contribution in [0.25, 0.3) is 0 Å². The van der Waals surface area contributed by atoms with Gasteiger partial charge in [0.15, 0.2) is 0 Å². The number of halogens is 1. The number of amides is 1. The van der Waals surface area contributed by atoms with Crippen molar-refractivity contribution in [1.29, 1.82) is 0 Å². The third-order valence-electron chi connectivity index (χ3n) is 5.80. The molecule has 3 aromatic rings. The molecule has 1 aliphatic rings. The maximum atomic E-state index is 13.3. The van der Waals surface area contributed by atoms with Gasteiger partial charge >= 0.3 is 0 Å². The van der Waals surface area contributed by atoms with Crippen LogP contribution in [-0.4, -0.2) is 21.4 Å². The molecule has 0 bridgehead atoms. The van der Waals surface area contributed by atoms with Crippen LogP contribution in [0.2, 0.25) is 5.02 Å². The van der Waals surface area contributed by atoms with Crippen molar-refractivity contribution >= 4 is 17.5 Å². The van der Waals surface area contributed by atoms with Crippen molar-refractivity contribution in [2.75, 3.05) is 0 Å². The monoisotopic (exact) mass is 420 g/mol. The topological polar surface area (TPSA) is 25.2 Å². The number of nitrogens with zero attached hydrogens (tertiary/aromatic N) is 2. The second-order valence-corrected chi connectivity index (χ2v) is 9.62. The zero-order valence-electron chi connectivity index (χ0n) is 17.9. The Morgan fingerprint density at radius 3 is 2.37 bits per heavy atom. The predicted molar refractivity (Wildman–Crippen MR) is 123 cm³/mol. The predicted octanol–water partition coefficient (Wildman–Crippen LogP) is 6.29. The van der Waals surface area contributed by atoms with E-state index < -0.39 is 0 Å². The molecular weight excluding hydrogens is 392 g/mol. The highest BCUT2D eigenvalue weighted by molar-refractivity contribution is 6.31. The van der Waals surface area contributed by atoms with Crippen molar-refractivity contribution in [2.24, 2.45) is 0 Å². The van der Waals surface area contributed by atoms with E-state index in [4.69, 9.17) is 11.6 Å². The highest BCUT2D eigenvalue weighted by Gasteiger charge is 2.33. The largest absolute Gasteiger partial charge is 0.345 e. The lowest BCUT2D eigenvalue weighted by Gasteiger charge is -2.24. The average molecular weight is 421 g/mol. The normalized spacial score (nSPS) is 14.0. The van der Waals surface area contributed by atoms with Crippen LogP contribution in [0.15, 0.2) is 66.9 Å². The third-order valence-corrected chi connectivity index (χ3v) is 6.17. The second-order valence-electron chi connectivity index (χ2n) is 9.21. The van der Waals surface area contributed by atoms with Gasteiger partial charge in [-0.25, -0.2) is 0 Å². The fraction of sp³-hybridized carbons (Fsp3) is 0.346. The van der Waals surface area contributed by atoms with E-state index in [1.54, 1.807) is 0 Å². The first-order chi connectivity index (χ1) is 14.3. The molecule has 156 valence electrons. The Morgan fingerprint density at radius 2 is 1.73 bits per heavy atom. The molecule has 0 N–H and O–H groups in total. The number of aromatic nitrogens is 1. The number of carbonyl (C=O) groups is 1. The lowest BCUT2D eigenvalue weighted by Crippen LogP contribution is -2.33. The fourth-order valence-corrected chi connectivity index (χ4v) is 3.96. The van der Waals surface area contributed by atoms with Crippen molar-refractivity contribution in [1.82, 2.24) is 9.47 Å². The van der Waals surface area contributed by atoms with Crippen LogP contribution in [0.1, 0.15) is 60.8 Å². The van der Waals surface area contributed by atoms with E-state index in [1.807, 2.05) is 47.4 Å². The number of hydrogen-bond donors (Lipinski definition) is 0. The first-order valence-electron chi connectivity index (χ1n) is 10.6. The van der Waals surface area contributed by atoms with Gasteiger partial charge in [-0.2, -0.15) is 0 Å². The molecule has 1 heterocycles. The number of carbonyl (C=O) groups excluding carboxylic acids is 1. The van der Waals surface area contributed by atoms with E-state index in [1.165, 1.54) is 5.56 Å². The summed E-state index contributed by atoms with van der Waals surface area (Å²) in [6.07, 6.45) is 4.22. The Kier molecular flexibility index (Phi) is 5.75. The van der Waals surface area contributed by atoms with Crippen LogP contribution >= 0.6 is 11.6 Å². The molecule has 0 aliphatic heterocycles. The fourth-order valence-electron chi connectivity index (χ4n) is 3.76. The zero-order valence-corrected chi connectivity index (χ0v) is 18.7. The van der Waals surface area contributed by atoms with Crippen molar-refractivity contribution in [3.05, 3.63) is 94.3 Å². The molecule has 4 rings (SSSR count). The van der Waals surface area contributed by atoms with Gasteiger partial charge < -0.3 is 9.47 Å². The Balaban J connectivity index is 1.53. The van der Waals surface area contributed by atoms with E-state index >= 15 is 0 Å². The molecule has 1 aliphatic carbocycles. The minimum absolute atomic E-state index is 0.0807. The highest BCUT2D eigenvalue weighted by atomic mass is 35.5. The van der Waals surface area contributed by atoms with Gasteiger partial charge in [-0.1, -0.05) is 62.7 Å². The molecule has 1 fully saturated rings. The lowest BCUT2D eigenvalue weighted by molar-refractivity contribution is 0.0726. The summed E-state index contributed by atoms with van der Waals surface area (Å²) in [5, 5.41) is 0.770.